The lowest BCUT2D eigenvalue weighted by molar-refractivity contribution is 0.569. The summed E-state index contributed by atoms with van der Waals surface area (Å²) in [6.07, 6.45) is 7.62. The highest BCUT2D eigenvalue weighted by Gasteiger charge is 2.16. The fourth-order valence-corrected chi connectivity index (χ4v) is 3.22. The van der Waals surface area contributed by atoms with Crippen molar-refractivity contribution in [1.29, 1.82) is 0 Å². The van der Waals surface area contributed by atoms with Crippen LogP contribution in [0.3, 0.4) is 0 Å². The molecule has 2 rings (SSSR count). The maximum atomic E-state index is 12.2. The predicted molar refractivity (Wildman–Crippen MR) is 80.2 cm³/mol. The summed E-state index contributed by atoms with van der Waals surface area (Å²) in [6, 6.07) is 1.69. The summed E-state index contributed by atoms with van der Waals surface area (Å²) in [4.78, 5) is 4.25. The molecule has 7 nitrogen and oxygen atoms in total. The first-order valence-electron chi connectivity index (χ1n) is 6.78. The van der Waals surface area contributed by atoms with Gasteiger partial charge in [0.25, 0.3) is 0 Å². The van der Waals surface area contributed by atoms with Gasteiger partial charge in [-0.3, -0.25) is 0 Å². The number of hydrogen-bond acceptors (Lipinski definition) is 4. The van der Waals surface area contributed by atoms with Gasteiger partial charge < -0.3 is 14.5 Å². The van der Waals surface area contributed by atoms with Crippen LogP contribution in [0.1, 0.15) is 12.1 Å². The van der Waals surface area contributed by atoms with Crippen LogP contribution in [-0.2, 0) is 30.2 Å². The molecule has 2 heterocycles. The SMILES string of the molecule is CNCc1cc(S(=O)(=O)NCCCn2ccnc2)cn1C. The third-order valence-corrected chi connectivity index (χ3v) is 4.62. The van der Waals surface area contributed by atoms with E-state index in [4.69, 9.17) is 0 Å². The monoisotopic (exact) mass is 311 g/mol. The highest BCUT2D eigenvalue weighted by molar-refractivity contribution is 7.89. The molecule has 0 fully saturated rings. The van der Waals surface area contributed by atoms with Gasteiger partial charge >= 0.3 is 0 Å². The third-order valence-electron chi connectivity index (χ3n) is 3.20. The Bertz CT molecular complexity index is 661. The molecule has 0 unspecified atom stereocenters. The van der Waals surface area contributed by atoms with Crippen molar-refractivity contribution in [3.05, 3.63) is 36.7 Å². The maximum absolute atomic E-state index is 12.2. The predicted octanol–water partition coefficient (Wildman–Crippen LogP) is 0.310. The van der Waals surface area contributed by atoms with E-state index in [9.17, 15) is 8.42 Å². The number of sulfonamides is 1. The zero-order valence-corrected chi connectivity index (χ0v) is 13.1. The largest absolute Gasteiger partial charge is 0.352 e. The normalized spacial score (nSPS) is 11.9. The number of imidazole rings is 1. The van der Waals surface area contributed by atoms with Crippen molar-refractivity contribution in [3.8, 4) is 0 Å². The first kappa shape index (κ1) is 15.7. The lowest BCUT2D eigenvalue weighted by Crippen LogP contribution is -2.25. The van der Waals surface area contributed by atoms with Crippen LogP contribution in [0.25, 0.3) is 0 Å². The summed E-state index contributed by atoms with van der Waals surface area (Å²) in [5.41, 5.74) is 0.927. The highest BCUT2D eigenvalue weighted by Crippen LogP contribution is 2.13. The lowest BCUT2D eigenvalue weighted by Gasteiger charge is -2.05. The summed E-state index contributed by atoms with van der Waals surface area (Å²) in [6.45, 7) is 1.77. The molecule has 0 aliphatic heterocycles. The number of hydrogen-bond donors (Lipinski definition) is 2. The lowest BCUT2D eigenvalue weighted by atomic mass is 10.4. The van der Waals surface area contributed by atoms with E-state index < -0.39 is 10.0 Å². The van der Waals surface area contributed by atoms with Crippen LogP contribution < -0.4 is 10.0 Å². The molecule has 0 aliphatic rings. The second-order valence-corrected chi connectivity index (χ2v) is 6.63. The van der Waals surface area contributed by atoms with E-state index in [0.717, 1.165) is 12.2 Å². The summed E-state index contributed by atoms with van der Waals surface area (Å²) < 4.78 is 30.8. The minimum atomic E-state index is -3.44. The standard InChI is InChI=1S/C13H21N5O2S/c1-14-9-12-8-13(10-17(12)2)21(19,20)16-4-3-6-18-7-5-15-11-18/h5,7-8,10-11,14,16H,3-4,6,9H2,1-2H3. The molecular weight excluding hydrogens is 290 g/mol. The van der Waals surface area contributed by atoms with E-state index in [1.54, 1.807) is 24.8 Å². The Balaban J connectivity index is 1.90. The van der Waals surface area contributed by atoms with E-state index in [-0.39, 0.29) is 0 Å². The van der Waals surface area contributed by atoms with Gasteiger partial charge in [-0.05, 0) is 19.5 Å². The fourth-order valence-electron chi connectivity index (χ4n) is 2.05. The first-order valence-corrected chi connectivity index (χ1v) is 8.26. The molecule has 0 aliphatic carbocycles. The molecule has 8 heteroatoms. The van der Waals surface area contributed by atoms with Gasteiger partial charge in [-0.1, -0.05) is 0 Å². The van der Waals surface area contributed by atoms with Gasteiger partial charge in [-0.2, -0.15) is 0 Å². The molecule has 0 amide bonds. The topological polar surface area (TPSA) is 81.0 Å². The van der Waals surface area contributed by atoms with Gasteiger partial charge in [-0.25, -0.2) is 18.1 Å². The van der Waals surface area contributed by atoms with Gasteiger partial charge in [0.1, 0.15) is 0 Å². The van der Waals surface area contributed by atoms with Gasteiger partial charge in [0.2, 0.25) is 10.0 Å². The summed E-state index contributed by atoms with van der Waals surface area (Å²) in [5.74, 6) is 0. The van der Waals surface area contributed by atoms with Crippen molar-refractivity contribution in [2.24, 2.45) is 7.05 Å². The maximum Gasteiger partial charge on any atom is 0.242 e. The Morgan fingerprint density at radius 3 is 2.86 bits per heavy atom. The number of aromatic nitrogens is 3. The average Bonchev–Trinajstić information content (AvgIpc) is 3.06. The van der Waals surface area contributed by atoms with Crippen molar-refractivity contribution >= 4 is 10.0 Å². The Kier molecular flexibility index (Phi) is 5.16. The van der Waals surface area contributed by atoms with Crippen LogP contribution in [0, 0.1) is 0 Å². The van der Waals surface area contributed by atoms with Crippen LogP contribution in [0.2, 0.25) is 0 Å². The van der Waals surface area contributed by atoms with Crippen LogP contribution in [0.5, 0.6) is 0 Å². The molecule has 0 saturated heterocycles. The minimum absolute atomic E-state index is 0.304. The van der Waals surface area contributed by atoms with Crippen molar-refractivity contribution in [1.82, 2.24) is 24.2 Å². The van der Waals surface area contributed by atoms with Gasteiger partial charge in [0.05, 0.1) is 11.2 Å². The van der Waals surface area contributed by atoms with Crippen LogP contribution >= 0.6 is 0 Å². The quantitative estimate of drug-likeness (QED) is 0.688. The van der Waals surface area contributed by atoms with E-state index in [2.05, 4.69) is 15.0 Å². The molecule has 21 heavy (non-hydrogen) atoms. The van der Waals surface area contributed by atoms with Crippen LogP contribution in [0.15, 0.2) is 35.9 Å². The Morgan fingerprint density at radius 2 is 2.19 bits per heavy atom. The zero-order valence-electron chi connectivity index (χ0n) is 12.3. The minimum Gasteiger partial charge on any atom is -0.352 e. The zero-order chi connectivity index (χ0) is 15.3. The molecule has 2 N–H and O–H groups in total. The molecule has 2 aromatic heterocycles. The second kappa shape index (κ2) is 6.88. The van der Waals surface area contributed by atoms with Crippen LogP contribution in [-0.4, -0.2) is 36.1 Å². The summed E-state index contributed by atoms with van der Waals surface area (Å²) in [5, 5.41) is 3.01. The van der Waals surface area contributed by atoms with E-state index in [0.29, 0.717) is 24.4 Å². The first-order chi connectivity index (χ1) is 10.0. The third kappa shape index (κ3) is 4.16. The molecule has 0 radical (unpaired) electrons. The van der Waals surface area contributed by atoms with Crippen molar-refractivity contribution in [2.75, 3.05) is 13.6 Å². The van der Waals surface area contributed by atoms with Crippen molar-refractivity contribution in [2.45, 2.75) is 24.4 Å². The molecule has 0 spiro atoms. The summed E-state index contributed by atoms with van der Waals surface area (Å²) in [7, 11) is 0.222. The molecule has 116 valence electrons. The van der Waals surface area contributed by atoms with E-state index in [1.165, 1.54) is 0 Å². The Morgan fingerprint density at radius 1 is 1.38 bits per heavy atom. The van der Waals surface area contributed by atoms with E-state index in [1.807, 2.05) is 29.4 Å². The molecule has 0 aromatic carbocycles. The van der Waals surface area contributed by atoms with Crippen molar-refractivity contribution in [3.63, 3.8) is 0 Å². The number of aryl methyl sites for hydroxylation is 2. The van der Waals surface area contributed by atoms with Gasteiger partial charge in [0.15, 0.2) is 0 Å². The van der Waals surface area contributed by atoms with Gasteiger partial charge in [-0.15, -0.1) is 0 Å². The molecule has 0 saturated carbocycles. The van der Waals surface area contributed by atoms with Crippen LogP contribution in [0.4, 0.5) is 0 Å². The second-order valence-electron chi connectivity index (χ2n) is 4.86. The van der Waals surface area contributed by atoms with Gasteiger partial charge in [0, 0.05) is 51.0 Å². The van der Waals surface area contributed by atoms with Crippen molar-refractivity contribution < 1.29 is 8.42 Å². The number of nitrogens with one attached hydrogen (secondary N) is 2. The van der Waals surface area contributed by atoms with E-state index >= 15 is 0 Å². The highest BCUT2D eigenvalue weighted by atomic mass is 32.2. The molecule has 0 atom stereocenters. The Hall–Kier alpha value is -1.64. The molecular formula is C13H21N5O2S. The molecule has 2 aromatic rings. The average molecular weight is 311 g/mol. The Labute approximate surface area is 125 Å². The smallest absolute Gasteiger partial charge is 0.242 e. The number of rotatable bonds is 8. The molecule has 0 bridgehead atoms. The summed E-state index contributed by atoms with van der Waals surface area (Å²) >= 11 is 0. The number of nitrogens with zero attached hydrogens (tertiary/aromatic N) is 3. The fraction of sp³-hybridized carbons (Fsp3) is 0.462.